The molecule has 3 heteroatoms. The molecule has 0 amide bonds. The number of ether oxygens (including phenoxy) is 1. The summed E-state index contributed by atoms with van der Waals surface area (Å²) in [6, 6.07) is 8.07. The maximum Gasteiger partial charge on any atom is 0.146 e. The first-order valence-electron chi connectivity index (χ1n) is 7.17. The largest absolute Gasteiger partial charge is 0.488 e. The van der Waals surface area contributed by atoms with E-state index in [4.69, 9.17) is 4.74 Å². The van der Waals surface area contributed by atoms with Crippen molar-refractivity contribution in [3.05, 3.63) is 27.8 Å². The van der Waals surface area contributed by atoms with Crippen LogP contribution < -0.4 is 4.74 Å². The van der Waals surface area contributed by atoms with E-state index in [1.165, 1.54) is 25.7 Å². The van der Waals surface area contributed by atoms with Gasteiger partial charge in [0.15, 0.2) is 0 Å². The van der Waals surface area contributed by atoms with E-state index in [1.54, 1.807) is 0 Å². The Labute approximate surface area is 128 Å². The molecule has 102 valence electrons. The molecule has 1 spiro atoms. The maximum absolute atomic E-state index is 12.2. The zero-order valence-corrected chi connectivity index (χ0v) is 13.2. The highest BCUT2D eigenvalue weighted by Gasteiger charge is 2.55. The van der Waals surface area contributed by atoms with Gasteiger partial charge in [0.25, 0.3) is 0 Å². The molecule has 2 aliphatic rings. The zero-order chi connectivity index (χ0) is 13.3. The molecule has 2 nitrogen and oxygen atoms in total. The van der Waals surface area contributed by atoms with Crippen LogP contribution in [0.2, 0.25) is 0 Å². The number of benzene rings is 1. The molecule has 0 aliphatic heterocycles. The molecular formula is C16H19IO2. The second kappa shape index (κ2) is 5.43. The van der Waals surface area contributed by atoms with Crippen molar-refractivity contribution in [1.82, 2.24) is 0 Å². The Balaban J connectivity index is 1.78. The first-order chi connectivity index (χ1) is 9.22. The molecule has 3 rings (SSSR count). The number of hydrogen-bond acceptors (Lipinski definition) is 2. The van der Waals surface area contributed by atoms with Crippen LogP contribution in [0.15, 0.2) is 24.3 Å². The topological polar surface area (TPSA) is 26.3 Å². The molecule has 0 radical (unpaired) electrons. The number of halogens is 1. The van der Waals surface area contributed by atoms with Crippen molar-refractivity contribution in [3.8, 4) is 5.75 Å². The minimum absolute atomic E-state index is 0.106. The van der Waals surface area contributed by atoms with Gasteiger partial charge < -0.3 is 4.74 Å². The Morgan fingerprint density at radius 1 is 1.11 bits per heavy atom. The highest BCUT2D eigenvalue weighted by atomic mass is 127. The first-order valence-corrected chi connectivity index (χ1v) is 8.25. The van der Waals surface area contributed by atoms with Gasteiger partial charge >= 0.3 is 0 Å². The molecule has 1 aromatic carbocycles. The van der Waals surface area contributed by atoms with Crippen LogP contribution in [0, 0.1) is 8.99 Å². The van der Waals surface area contributed by atoms with E-state index in [9.17, 15) is 4.79 Å². The number of rotatable bonds is 2. The number of para-hydroxylation sites is 1. The fourth-order valence-electron chi connectivity index (χ4n) is 3.42. The Morgan fingerprint density at radius 2 is 1.79 bits per heavy atom. The molecule has 2 saturated carbocycles. The summed E-state index contributed by atoms with van der Waals surface area (Å²) < 4.78 is 7.30. The summed E-state index contributed by atoms with van der Waals surface area (Å²) in [4.78, 5) is 12.2. The standard InChI is InChI=1S/C16H19IO2/c17-12-7-3-4-8-13(12)19-15-11-14(18)16(15)9-5-1-2-6-10-16/h3-4,7-8,15H,1-2,5-6,9-11H2. The van der Waals surface area contributed by atoms with Gasteiger partial charge in [0, 0.05) is 6.42 Å². The summed E-state index contributed by atoms with van der Waals surface area (Å²) in [7, 11) is 0. The highest BCUT2D eigenvalue weighted by Crippen LogP contribution is 2.49. The predicted octanol–water partition coefficient (Wildman–Crippen LogP) is 4.35. The van der Waals surface area contributed by atoms with Crippen LogP contribution in [-0.2, 0) is 4.79 Å². The van der Waals surface area contributed by atoms with Crippen molar-refractivity contribution in [1.29, 1.82) is 0 Å². The Kier molecular flexibility index (Phi) is 3.83. The van der Waals surface area contributed by atoms with Gasteiger partial charge in [-0.05, 0) is 47.6 Å². The van der Waals surface area contributed by atoms with Gasteiger partial charge in [0.1, 0.15) is 17.6 Å². The van der Waals surface area contributed by atoms with Crippen LogP contribution in [-0.4, -0.2) is 11.9 Å². The van der Waals surface area contributed by atoms with E-state index < -0.39 is 0 Å². The summed E-state index contributed by atoms with van der Waals surface area (Å²) >= 11 is 2.30. The van der Waals surface area contributed by atoms with E-state index in [2.05, 4.69) is 28.7 Å². The van der Waals surface area contributed by atoms with E-state index in [0.717, 1.165) is 22.2 Å². The number of Topliss-reactive ketones (excluding diaryl/α,β-unsaturated/α-hetero) is 1. The van der Waals surface area contributed by atoms with Crippen LogP contribution in [0.1, 0.15) is 44.9 Å². The normalized spacial score (nSPS) is 25.7. The van der Waals surface area contributed by atoms with Gasteiger partial charge in [-0.1, -0.05) is 37.8 Å². The van der Waals surface area contributed by atoms with Crippen molar-refractivity contribution in [2.24, 2.45) is 5.41 Å². The van der Waals surface area contributed by atoms with Gasteiger partial charge in [-0.3, -0.25) is 4.79 Å². The van der Waals surface area contributed by atoms with Crippen LogP contribution in [0.3, 0.4) is 0 Å². The van der Waals surface area contributed by atoms with E-state index >= 15 is 0 Å². The van der Waals surface area contributed by atoms with Crippen LogP contribution >= 0.6 is 22.6 Å². The summed E-state index contributed by atoms with van der Waals surface area (Å²) in [6.45, 7) is 0. The van der Waals surface area contributed by atoms with Crippen molar-refractivity contribution in [2.45, 2.75) is 51.0 Å². The van der Waals surface area contributed by atoms with E-state index in [0.29, 0.717) is 12.2 Å². The summed E-state index contributed by atoms with van der Waals surface area (Å²) in [6.07, 6.45) is 7.66. The van der Waals surface area contributed by atoms with Crippen molar-refractivity contribution in [3.63, 3.8) is 0 Å². The average Bonchev–Trinajstić information content (AvgIpc) is 2.68. The number of hydrogen-bond donors (Lipinski definition) is 0. The van der Waals surface area contributed by atoms with Crippen molar-refractivity contribution < 1.29 is 9.53 Å². The molecule has 0 saturated heterocycles. The number of ketones is 1. The Morgan fingerprint density at radius 3 is 2.42 bits per heavy atom. The third-order valence-corrected chi connectivity index (χ3v) is 5.54. The molecule has 1 unspecified atom stereocenters. The SMILES string of the molecule is O=C1CC(Oc2ccccc2I)C12CCCCCC2. The summed E-state index contributed by atoms with van der Waals surface area (Å²) in [5, 5.41) is 0. The van der Waals surface area contributed by atoms with Crippen LogP contribution in [0.5, 0.6) is 5.75 Å². The van der Waals surface area contributed by atoms with Crippen molar-refractivity contribution >= 4 is 28.4 Å². The van der Waals surface area contributed by atoms with Crippen molar-refractivity contribution in [2.75, 3.05) is 0 Å². The molecule has 2 aliphatic carbocycles. The fraction of sp³-hybridized carbons (Fsp3) is 0.562. The molecule has 0 bridgehead atoms. The smallest absolute Gasteiger partial charge is 0.146 e. The van der Waals surface area contributed by atoms with E-state index in [1.807, 2.05) is 18.2 Å². The molecule has 0 heterocycles. The molecule has 2 fully saturated rings. The average molecular weight is 370 g/mol. The Hall–Kier alpha value is -0.580. The van der Waals surface area contributed by atoms with Gasteiger partial charge in [-0.2, -0.15) is 0 Å². The molecule has 19 heavy (non-hydrogen) atoms. The van der Waals surface area contributed by atoms with Gasteiger partial charge in [-0.15, -0.1) is 0 Å². The lowest BCUT2D eigenvalue weighted by molar-refractivity contribution is -0.154. The lowest BCUT2D eigenvalue weighted by atomic mass is 9.60. The third kappa shape index (κ3) is 2.41. The maximum atomic E-state index is 12.2. The van der Waals surface area contributed by atoms with E-state index in [-0.39, 0.29) is 11.5 Å². The fourth-order valence-corrected chi connectivity index (χ4v) is 3.94. The second-order valence-corrected chi connectivity index (χ2v) is 6.90. The summed E-state index contributed by atoms with van der Waals surface area (Å²) in [5.41, 5.74) is -0.157. The molecule has 0 N–H and O–H groups in total. The zero-order valence-electron chi connectivity index (χ0n) is 11.0. The highest BCUT2D eigenvalue weighted by molar-refractivity contribution is 14.1. The lowest BCUT2D eigenvalue weighted by Gasteiger charge is -2.47. The third-order valence-electron chi connectivity index (χ3n) is 4.64. The summed E-state index contributed by atoms with van der Waals surface area (Å²) in [5.74, 6) is 1.37. The minimum atomic E-state index is -0.157. The number of carbonyl (C=O) groups is 1. The quantitative estimate of drug-likeness (QED) is 0.724. The monoisotopic (exact) mass is 370 g/mol. The van der Waals surface area contributed by atoms with Gasteiger partial charge in [0.2, 0.25) is 0 Å². The molecule has 0 aromatic heterocycles. The predicted molar refractivity (Wildman–Crippen MR) is 83.3 cm³/mol. The molecule has 1 atom stereocenters. The number of carbonyl (C=O) groups excluding carboxylic acids is 1. The van der Waals surface area contributed by atoms with Crippen LogP contribution in [0.4, 0.5) is 0 Å². The first kappa shape index (κ1) is 13.4. The molecule has 1 aromatic rings. The van der Waals surface area contributed by atoms with Gasteiger partial charge in [0.05, 0.1) is 8.99 Å². The minimum Gasteiger partial charge on any atom is -0.488 e. The Bertz CT molecular complexity index is 475. The van der Waals surface area contributed by atoms with Crippen LogP contribution in [0.25, 0.3) is 0 Å². The molecular weight excluding hydrogens is 351 g/mol. The lowest BCUT2D eigenvalue weighted by Crippen LogP contribution is -2.56. The van der Waals surface area contributed by atoms with Gasteiger partial charge in [-0.25, -0.2) is 0 Å². The second-order valence-electron chi connectivity index (χ2n) is 5.73.